The maximum Gasteiger partial charge on any atom is 0.243 e. The number of amides is 2. The van der Waals surface area contributed by atoms with Crippen molar-refractivity contribution in [1.29, 1.82) is 0 Å². The van der Waals surface area contributed by atoms with Gasteiger partial charge in [-0.25, -0.2) is 4.39 Å². The van der Waals surface area contributed by atoms with E-state index in [1.165, 1.54) is 25.1 Å². The number of fused-ring (bicyclic) bond motifs is 1. The van der Waals surface area contributed by atoms with Crippen molar-refractivity contribution in [3.63, 3.8) is 0 Å². The zero-order valence-electron chi connectivity index (χ0n) is 13.6. The van der Waals surface area contributed by atoms with Crippen LogP contribution in [0, 0.1) is 5.82 Å². The molecule has 3 rings (SSSR count). The molecule has 0 fully saturated rings. The second kappa shape index (κ2) is 7.11. The minimum absolute atomic E-state index is 0.000874. The molecular weight excluding hydrogens is 345 g/mol. The third-order valence-electron chi connectivity index (χ3n) is 4.01. The van der Waals surface area contributed by atoms with Gasteiger partial charge in [-0.05, 0) is 48.4 Å². The molecule has 2 aromatic rings. The van der Waals surface area contributed by atoms with Crippen molar-refractivity contribution in [3.8, 4) is 0 Å². The highest BCUT2D eigenvalue weighted by atomic mass is 35.5. The molecule has 0 aromatic heterocycles. The Morgan fingerprint density at radius 2 is 1.96 bits per heavy atom. The summed E-state index contributed by atoms with van der Waals surface area (Å²) in [6.07, 6.45) is 0.769. The number of carbonyl (C=O) groups excluding carboxylic acids is 2. The summed E-state index contributed by atoms with van der Waals surface area (Å²) in [4.78, 5) is 25.3. The second-order valence-electron chi connectivity index (χ2n) is 5.79. The van der Waals surface area contributed by atoms with Crippen molar-refractivity contribution < 1.29 is 14.0 Å². The largest absolute Gasteiger partial charge is 0.376 e. The molecule has 1 heterocycles. The third-order valence-corrected chi connectivity index (χ3v) is 4.30. The summed E-state index contributed by atoms with van der Waals surface area (Å²) in [5.74, 6) is -0.728. The Bertz CT molecular complexity index is 841. The number of nitrogens with zero attached hydrogens (tertiary/aromatic N) is 1. The van der Waals surface area contributed by atoms with Gasteiger partial charge in [-0.2, -0.15) is 0 Å². The number of hydrogen-bond acceptors (Lipinski definition) is 3. The van der Waals surface area contributed by atoms with E-state index in [4.69, 9.17) is 11.6 Å². The van der Waals surface area contributed by atoms with Gasteiger partial charge in [0.1, 0.15) is 5.82 Å². The summed E-state index contributed by atoms with van der Waals surface area (Å²) in [5.41, 5.74) is 3.16. The minimum Gasteiger partial charge on any atom is -0.376 e. The van der Waals surface area contributed by atoms with Gasteiger partial charge >= 0.3 is 0 Å². The number of benzene rings is 2. The standard InChI is InChI=1S/C18H17ClFN3O2/c1-11(24)23-7-6-12-8-14(3-5-17(12)23)22-18(25)10-21-13-2-4-16(20)15(19)9-13/h2-5,8-9,21H,6-7,10H2,1H3,(H,22,25). The fourth-order valence-electron chi connectivity index (χ4n) is 2.80. The van der Waals surface area contributed by atoms with Crippen LogP contribution < -0.4 is 15.5 Å². The normalized spacial score (nSPS) is 12.7. The van der Waals surface area contributed by atoms with Gasteiger partial charge in [-0.3, -0.25) is 9.59 Å². The number of anilines is 3. The van der Waals surface area contributed by atoms with Crippen molar-refractivity contribution in [1.82, 2.24) is 0 Å². The second-order valence-corrected chi connectivity index (χ2v) is 6.20. The fraction of sp³-hybridized carbons (Fsp3) is 0.222. The van der Waals surface area contributed by atoms with E-state index in [2.05, 4.69) is 10.6 Å². The fourth-order valence-corrected chi connectivity index (χ4v) is 2.98. The molecule has 0 bridgehead atoms. The molecule has 2 aromatic carbocycles. The highest BCUT2D eigenvalue weighted by Crippen LogP contribution is 2.30. The molecule has 130 valence electrons. The number of nitrogens with one attached hydrogen (secondary N) is 2. The van der Waals surface area contributed by atoms with Gasteiger partial charge in [0, 0.05) is 30.5 Å². The minimum atomic E-state index is -0.505. The molecule has 2 amide bonds. The van der Waals surface area contributed by atoms with E-state index in [0.29, 0.717) is 17.9 Å². The molecule has 7 heteroatoms. The molecule has 1 aliphatic rings. The van der Waals surface area contributed by atoms with Crippen LogP contribution >= 0.6 is 11.6 Å². The molecule has 0 radical (unpaired) electrons. The van der Waals surface area contributed by atoms with Crippen LogP contribution in [-0.4, -0.2) is 24.9 Å². The summed E-state index contributed by atoms with van der Waals surface area (Å²) >= 11 is 5.70. The predicted octanol–water partition coefficient (Wildman–Crippen LogP) is 3.44. The van der Waals surface area contributed by atoms with Gasteiger partial charge in [-0.1, -0.05) is 11.6 Å². The van der Waals surface area contributed by atoms with Crippen LogP contribution in [0.15, 0.2) is 36.4 Å². The van der Waals surface area contributed by atoms with Crippen LogP contribution in [0.3, 0.4) is 0 Å². The Kier molecular flexibility index (Phi) is 4.90. The van der Waals surface area contributed by atoms with Gasteiger partial charge in [-0.15, -0.1) is 0 Å². The Labute approximate surface area is 149 Å². The van der Waals surface area contributed by atoms with Gasteiger partial charge in [0.05, 0.1) is 11.6 Å². The topological polar surface area (TPSA) is 61.4 Å². The third kappa shape index (κ3) is 3.91. The average Bonchev–Trinajstić information content (AvgIpc) is 2.99. The average molecular weight is 362 g/mol. The van der Waals surface area contributed by atoms with Crippen LogP contribution in [0.1, 0.15) is 12.5 Å². The van der Waals surface area contributed by atoms with Gasteiger partial charge in [0.2, 0.25) is 11.8 Å². The lowest BCUT2D eigenvalue weighted by atomic mass is 10.1. The lowest BCUT2D eigenvalue weighted by Crippen LogP contribution is -2.25. The van der Waals surface area contributed by atoms with E-state index in [-0.39, 0.29) is 23.4 Å². The Morgan fingerprint density at radius 1 is 1.20 bits per heavy atom. The first-order valence-electron chi connectivity index (χ1n) is 7.84. The SMILES string of the molecule is CC(=O)N1CCc2cc(NC(=O)CNc3ccc(F)c(Cl)c3)ccc21. The van der Waals surface area contributed by atoms with Gasteiger partial charge in [0.15, 0.2) is 0 Å². The van der Waals surface area contributed by atoms with Crippen LogP contribution in [-0.2, 0) is 16.0 Å². The van der Waals surface area contributed by atoms with Gasteiger partial charge in [0.25, 0.3) is 0 Å². The van der Waals surface area contributed by atoms with E-state index in [0.717, 1.165) is 17.7 Å². The van der Waals surface area contributed by atoms with E-state index < -0.39 is 5.82 Å². The number of rotatable bonds is 4. The highest BCUT2D eigenvalue weighted by Gasteiger charge is 2.22. The summed E-state index contributed by atoms with van der Waals surface area (Å²) in [7, 11) is 0. The molecular formula is C18H17ClFN3O2. The molecule has 0 saturated heterocycles. The van der Waals surface area contributed by atoms with Crippen LogP contribution in [0.2, 0.25) is 5.02 Å². The summed E-state index contributed by atoms with van der Waals surface area (Å²) in [6.45, 7) is 2.23. The molecule has 0 spiro atoms. The molecule has 0 aliphatic carbocycles. The number of carbonyl (C=O) groups is 2. The first-order chi connectivity index (χ1) is 11.9. The quantitative estimate of drug-likeness (QED) is 0.877. The van der Waals surface area contributed by atoms with E-state index in [9.17, 15) is 14.0 Å². The first-order valence-corrected chi connectivity index (χ1v) is 8.21. The van der Waals surface area contributed by atoms with Crippen LogP contribution in [0.5, 0.6) is 0 Å². The van der Waals surface area contributed by atoms with Crippen LogP contribution in [0.4, 0.5) is 21.5 Å². The van der Waals surface area contributed by atoms with Crippen molar-refractivity contribution in [2.24, 2.45) is 0 Å². The molecule has 0 saturated carbocycles. The zero-order valence-corrected chi connectivity index (χ0v) is 14.4. The van der Waals surface area contributed by atoms with Gasteiger partial charge < -0.3 is 15.5 Å². The number of halogens is 2. The van der Waals surface area contributed by atoms with E-state index >= 15 is 0 Å². The van der Waals surface area contributed by atoms with Crippen molar-refractivity contribution in [3.05, 3.63) is 52.8 Å². The first kappa shape index (κ1) is 17.2. The molecule has 2 N–H and O–H groups in total. The molecule has 5 nitrogen and oxygen atoms in total. The molecule has 0 atom stereocenters. The van der Waals surface area contributed by atoms with Crippen LogP contribution in [0.25, 0.3) is 0 Å². The maximum atomic E-state index is 13.1. The lowest BCUT2D eigenvalue weighted by Gasteiger charge is -2.15. The Hall–Kier alpha value is -2.60. The molecule has 1 aliphatic heterocycles. The Balaban J connectivity index is 1.60. The van der Waals surface area contributed by atoms with Crippen molar-refractivity contribution in [2.45, 2.75) is 13.3 Å². The molecule has 0 unspecified atom stereocenters. The summed E-state index contributed by atoms with van der Waals surface area (Å²) < 4.78 is 13.1. The summed E-state index contributed by atoms with van der Waals surface area (Å²) in [5, 5.41) is 5.69. The summed E-state index contributed by atoms with van der Waals surface area (Å²) in [6, 6.07) is 9.67. The van der Waals surface area contributed by atoms with Crippen molar-refractivity contribution in [2.75, 3.05) is 28.6 Å². The predicted molar refractivity (Wildman–Crippen MR) is 96.7 cm³/mol. The number of hydrogen-bond donors (Lipinski definition) is 2. The Morgan fingerprint density at radius 3 is 2.68 bits per heavy atom. The lowest BCUT2D eigenvalue weighted by molar-refractivity contribution is -0.116. The van der Waals surface area contributed by atoms with E-state index in [1.54, 1.807) is 11.0 Å². The van der Waals surface area contributed by atoms with Crippen molar-refractivity contribution >= 4 is 40.5 Å². The maximum absolute atomic E-state index is 13.1. The zero-order chi connectivity index (χ0) is 18.0. The monoisotopic (exact) mass is 361 g/mol. The van der Waals surface area contributed by atoms with E-state index in [1.807, 2.05) is 12.1 Å². The smallest absolute Gasteiger partial charge is 0.243 e. The molecule has 25 heavy (non-hydrogen) atoms. The highest BCUT2D eigenvalue weighted by molar-refractivity contribution is 6.31.